The quantitative estimate of drug-likeness (QED) is 0.421. The van der Waals surface area contributed by atoms with E-state index < -0.39 is 0 Å². The van der Waals surface area contributed by atoms with E-state index in [0.29, 0.717) is 0 Å². The van der Waals surface area contributed by atoms with Gasteiger partial charge in [-0.05, 0) is 30.7 Å². The number of hydrogen-bond donors (Lipinski definition) is 0. The Labute approximate surface area is 160 Å². The molecule has 0 bridgehead atoms. The molecule has 5 nitrogen and oxygen atoms in total. The van der Waals surface area contributed by atoms with Crippen LogP contribution in [0, 0.1) is 0 Å². The van der Waals surface area contributed by atoms with Crippen LogP contribution in [-0.2, 0) is 5.75 Å². The Morgan fingerprint density at radius 2 is 1.77 bits per heavy atom. The van der Waals surface area contributed by atoms with Crippen LogP contribution in [-0.4, -0.2) is 19.8 Å². The van der Waals surface area contributed by atoms with Crippen LogP contribution in [0.4, 0.5) is 0 Å². The molecule has 0 aliphatic rings. The van der Waals surface area contributed by atoms with Crippen molar-refractivity contribution in [1.82, 2.24) is 19.8 Å². The number of benzene rings is 2. The van der Waals surface area contributed by atoms with Gasteiger partial charge in [-0.3, -0.25) is 0 Å². The Bertz CT molecular complexity index is 969. The van der Waals surface area contributed by atoms with Gasteiger partial charge in [-0.2, -0.15) is 9.61 Å². The maximum Gasteiger partial charge on any atom is 0.234 e. The van der Waals surface area contributed by atoms with Gasteiger partial charge in [-0.25, -0.2) is 0 Å². The van der Waals surface area contributed by atoms with Crippen molar-refractivity contribution in [2.45, 2.75) is 30.1 Å². The topological polar surface area (TPSA) is 52.3 Å². The number of para-hydroxylation sites is 1. The van der Waals surface area contributed by atoms with Gasteiger partial charge in [0, 0.05) is 4.90 Å². The van der Waals surface area contributed by atoms with Crippen molar-refractivity contribution in [3.8, 4) is 5.75 Å². The van der Waals surface area contributed by atoms with Crippen LogP contribution in [0.1, 0.15) is 30.3 Å². The van der Waals surface area contributed by atoms with Gasteiger partial charge in [-0.1, -0.05) is 54.7 Å². The standard InChI is InChI=1S/C19H18N4OS2/c1-2-16(24-14-9-5-3-6-10-14)18-22-23-17(20-21-19(23)26-18)13-25-15-11-7-4-8-12-15/h3-12,16H,2,13H2,1H3/t16-/m1/s1. The van der Waals surface area contributed by atoms with E-state index in [1.54, 1.807) is 11.8 Å². The van der Waals surface area contributed by atoms with Crippen molar-refractivity contribution in [2.24, 2.45) is 0 Å². The van der Waals surface area contributed by atoms with Crippen LogP contribution in [0.25, 0.3) is 4.96 Å². The van der Waals surface area contributed by atoms with Gasteiger partial charge in [0.15, 0.2) is 16.9 Å². The first-order chi connectivity index (χ1) is 12.8. The molecule has 0 aliphatic heterocycles. The smallest absolute Gasteiger partial charge is 0.234 e. The van der Waals surface area contributed by atoms with Crippen molar-refractivity contribution < 1.29 is 4.74 Å². The number of ether oxygens (including phenoxy) is 1. The maximum atomic E-state index is 6.10. The fraction of sp³-hybridized carbons (Fsp3) is 0.211. The lowest BCUT2D eigenvalue weighted by Crippen LogP contribution is -2.07. The highest BCUT2D eigenvalue weighted by Crippen LogP contribution is 2.29. The van der Waals surface area contributed by atoms with Gasteiger partial charge in [0.1, 0.15) is 5.75 Å². The van der Waals surface area contributed by atoms with Crippen molar-refractivity contribution in [3.63, 3.8) is 0 Å². The lowest BCUT2D eigenvalue weighted by Gasteiger charge is -2.14. The summed E-state index contributed by atoms with van der Waals surface area (Å²) in [6, 6.07) is 20.1. The summed E-state index contributed by atoms with van der Waals surface area (Å²) in [5, 5.41) is 14.2. The van der Waals surface area contributed by atoms with E-state index in [-0.39, 0.29) is 6.10 Å². The van der Waals surface area contributed by atoms with Crippen molar-refractivity contribution in [2.75, 3.05) is 0 Å². The third kappa shape index (κ3) is 3.73. The number of thioether (sulfide) groups is 1. The number of rotatable bonds is 7. The van der Waals surface area contributed by atoms with Crippen LogP contribution in [0.5, 0.6) is 5.75 Å². The molecule has 0 saturated heterocycles. The molecule has 2 aromatic carbocycles. The molecule has 0 aliphatic carbocycles. The van der Waals surface area contributed by atoms with Crippen LogP contribution in [0.2, 0.25) is 0 Å². The predicted molar refractivity (Wildman–Crippen MR) is 105 cm³/mol. The molecule has 4 aromatic rings. The molecular weight excluding hydrogens is 364 g/mol. The average molecular weight is 383 g/mol. The Balaban J connectivity index is 1.52. The van der Waals surface area contributed by atoms with E-state index in [4.69, 9.17) is 9.84 Å². The van der Waals surface area contributed by atoms with E-state index in [2.05, 4.69) is 29.3 Å². The lowest BCUT2D eigenvalue weighted by molar-refractivity contribution is 0.199. The first-order valence-corrected chi connectivity index (χ1v) is 10.2. The monoisotopic (exact) mass is 382 g/mol. The van der Waals surface area contributed by atoms with E-state index in [1.165, 1.54) is 16.2 Å². The summed E-state index contributed by atoms with van der Waals surface area (Å²) < 4.78 is 7.94. The Morgan fingerprint density at radius 1 is 1.04 bits per heavy atom. The molecule has 0 unspecified atom stereocenters. The SMILES string of the molecule is CC[C@@H](Oc1ccccc1)c1nn2c(CSc3ccccc3)nnc2s1. The normalized spacial score (nSPS) is 12.3. The third-order valence-corrected chi connectivity index (χ3v) is 5.85. The minimum absolute atomic E-state index is 0.0845. The summed E-state index contributed by atoms with van der Waals surface area (Å²) in [5.41, 5.74) is 0. The van der Waals surface area contributed by atoms with E-state index >= 15 is 0 Å². The molecule has 1 atom stereocenters. The molecule has 0 fully saturated rings. The Morgan fingerprint density at radius 3 is 2.50 bits per heavy atom. The molecule has 0 N–H and O–H groups in total. The first-order valence-electron chi connectivity index (χ1n) is 8.44. The van der Waals surface area contributed by atoms with E-state index in [9.17, 15) is 0 Å². The fourth-order valence-corrected chi connectivity index (χ4v) is 4.32. The highest BCUT2D eigenvalue weighted by atomic mass is 32.2. The zero-order valence-corrected chi connectivity index (χ0v) is 15.9. The minimum atomic E-state index is -0.0845. The summed E-state index contributed by atoms with van der Waals surface area (Å²) in [5.74, 6) is 2.43. The summed E-state index contributed by atoms with van der Waals surface area (Å²) in [7, 11) is 0. The van der Waals surface area contributed by atoms with Crippen molar-refractivity contribution in [1.29, 1.82) is 0 Å². The zero-order chi connectivity index (χ0) is 17.8. The minimum Gasteiger partial charge on any atom is -0.483 e. The Hall–Kier alpha value is -2.38. The summed E-state index contributed by atoms with van der Waals surface area (Å²) >= 11 is 3.26. The second kappa shape index (κ2) is 7.88. The maximum absolute atomic E-state index is 6.10. The number of aromatic nitrogens is 4. The summed E-state index contributed by atoms with van der Waals surface area (Å²) in [4.78, 5) is 2.01. The van der Waals surface area contributed by atoms with Crippen LogP contribution in [0.3, 0.4) is 0 Å². The summed E-state index contributed by atoms with van der Waals surface area (Å²) in [6.45, 7) is 2.10. The predicted octanol–water partition coefficient (Wildman–Crippen LogP) is 5.01. The van der Waals surface area contributed by atoms with Gasteiger partial charge in [0.25, 0.3) is 0 Å². The summed E-state index contributed by atoms with van der Waals surface area (Å²) in [6.07, 6.45) is 0.756. The zero-order valence-electron chi connectivity index (χ0n) is 14.3. The largest absolute Gasteiger partial charge is 0.483 e. The van der Waals surface area contributed by atoms with Crippen molar-refractivity contribution >= 4 is 28.1 Å². The highest BCUT2D eigenvalue weighted by Gasteiger charge is 2.19. The lowest BCUT2D eigenvalue weighted by atomic mass is 10.3. The van der Waals surface area contributed by atoms with Gasteiger partial charge >= 0.3 is 0 Å². The van der Waals surface area contributed by atoms with E-state index in [0.717, 1.165) is 33.7 Å². The fourth-order valence-electron chi connectivity index (χ4n) is 2.53. The molecule has 4 rings (SSSR count). The molecule has 0 radical (unpaired) electrons. The molecule has 0 amide bonds. The molecular formula is C19H18N4OS2. The number of nitrogens with zero attached hydrogens (tertiary/aromatic N) is 4. The van der Waals surface area contributed by atoms with Gasteiger partial charge in [0.05, 0.1) is 5.75 Å². The molecule has 0 spiro atoms. The Kier molecular flexibility index (Phi) is 5.17. The van der Waals surface area contributed by atoms with Gasteiger partial charge in [0.2, 0.25) is 4.96 Å². The van der Waals surface area contributed by atoms with Crippen LogP contribution < -0.4 is 4.74 Å². The van der Waals surface area contributed by atoms with Crippen LogP contribution in [0.15, 0.2) is 65.6 Å². The molecule has 26 heavy (non-hydrogen) atoms. The third-order valence-electron chi connectivity index (χ3n) is 3.85. The van der Waals surface area contributed by atoms with Crippen molar-refractivity contribution in [3.05, 3.63) is 71.5 Å². The molecule has 132 valence electrons. The average Bonchev–Trinajstić information content (AvgIpc) is 3.27. The second-order valence-corrected chi connectivity index (χ2v) is 7.72. The highest BCUT2D eigenvalue weighted by molar-refractivity contribution is 7.98. The van der Waals surface area contributed by atoms with Gasteiger partial charge < -0.3 is 4.74 Å². The van der Waals surface area contributed by atoms with Gasteiger partial charge in [-0.15, -0.1) is 22.0 Å². The second-order valence-electron chi connectivity index (χ2n) is 5.68. The molecule has 0 saturated carbocycles. The molecule has 2 heterocycles. The molecule has 7 heteroatoms. The number of hydrogen-bond acceptors (Lipinski definition) is 6. The first kappa shape index (κ1) is 17.1. The van der Waals surface area contributed by atoms with E-state index in [1.807, 2.05) is 53.0 Å². The number of fused-ring (bicyclic) bond motifs is 1. The molecule has 2 aromatic heterocycles. The van der Waals surface area contributed by atoms with Crippen LogP contribution >= 0.6 is 23.1 Å².